The number of hydrogen-bond donors (Lipinski definition) is 3. The lowest BCUT2D eigenvalue weighted by Crippen LogP contribution is -2.41. The van der Waals surface area contributed by atoms with E-state index >= 15 is 0 Å². The number of unbranched alkanes of at least 4 members (excludes halogenated alkanes) is 2. The summed E-state index contributed by atoms with van der Waals surface area (Å²) >= 11 is 0. The Balaban J connectivity index is 3.62. The van der Waals surface area contributed by atoms with Gasteiger partial charge in [-0.3, -0.25) is 4.79 Å². The quantitative estimate of drug-likeness (QED) is 0.521. The van der Waals surface area contributed by atoms with Crippen molar-refractivity contribution in [3.63, 3.8) is 0 Å². The fraction of sp³-hybridized carbons (Fsp3) is 0.909. The van der Waals surface area contributed by atoms with Crippen molar-refractivity contribution in [2.24, 2.45) is 11.7 Å². The van der Waals surface area contributed by atoms with Gasteiger partial charge in [0.2, 0.25) is 5.91 Å². The minimum atomic E-state index is -0.119. The molecule has 1 atom stereocenters. The molecule has 0 spiro atoms. The van der Waals surface area contributed by atoms with Gasteiger partial charge < -0.3 is 16.2 Å². The highest BCUT2D eigenvalue weighted by molar-refractivity contribution is 5.76. The molecule has 0 aromatic heterocycles. The van der Waals surface area contributed by atoms with Crippen molar-refractivity contribution in [3.8, 4) is 0 Å². The third kappa shape index (κ3) is 7.33. The molecule has 15 heavy (non-hydrogen) atoms. The van der Waals surface area contributed by atoms with Crippen LogP contribution < -0.4 is 11.1 Å². The van der Waals surface area contributed by atoms with E-state index in [1.54, 1.807) is 0 Å². The fourth-order valence-electron chi connectivity index (χ4n) is 1.31. The van der Waals surface area contributed by atoms with Crippen molar-refractivity contribution in [1.82, 2.24) is 5.32 Å². The summed E-state index contributed by atoms with van der Waals surface area (Å²) in [5.41, 5.74) is 5.35. The summed E-state index contributed by atoms with van der Waals surface area (Å²) in [5, 5.41) is 11.8. The van der Waals surface area contributed by atoms with Crippen LogP contribution in [0.4, 0.5) is 0 Å². The first-order valence-electron chi connectivity index (χ1n) is 5.72. The zero-order valence-electron chi connectivity index (χ0n) is 9.83. The number of nitrogens with one attached hydrogen (secondary N) is 1. The van der Waals surface area contributed by atoms with Crippen LogP contribution in [0.5, 0.6) is 0 Å². The van der Waals surface area contributed by atoms with Crippen LogP contribution in [-0.2, 0) is 4.79 Å². The fourth-order valence-corrected chi connectivity index (χ4v) is 1.31. The summed E-state index contributed by atoms with van der Waals surface area (Å²) in [6.45, 7) is 4.66. The van der Waals surface area contributed by atoms with Gasteiger partial charge in [-0.05, 0) is 25.3 Å². The smallest absolute Gasteiger partial charge is 0.220 e. The maximum Gasteiger partial charge on any atom is 0.220 e. The molecule has 0 aromatic carbocycles. The second-order valence-electron chi connectivity index (χ2n) is 4.20. The molecule has 0 aliphatic rings. The Morgan fingerprint density at radius 3 is 2.47 bits per heavy atom. The Hall–Kier alpha value is -0.610. The molecule has 0 radical (unpaired) electrons. The maximum atomic E-state index is 11.4. The van der Waals surface area contributed by atoms with Gasteiger partial charge in [0.1, 0.15) is 0 Å². The summed E-state index contributed by atoms with van der Waals surface area (Å²) in [6, 6.07) is -0.119. The molecule has 0 saturated carbocycles. The van der Waals surface area contributed by atoms with Crippen LogP contribution in [0.2, 0.25) is 0 Å². The van der Waals surface area contributed by atoms with Crippen LogP contribution in [0.1, 0.15) is 39.5 Å². The molecule has 0 rings (SSSR count). The second-order valence-corrected chi connectivity index (χ2v) is 4.20. The normalized spacial score (nSPS) is 12.9. The van der Waals surface area contributed by atoms with Gasteiger partial charge in [0, 0.05) is 6.42 Å². The standard InChI is InChI=1S/C11H24N2O2/c1-9(2)10(8-14)13-11(15)6-4-3-5-7-12/h9-10,14H,3-8,12H2,1-2H3,(H,13,15). The van der Waals surface area contributed by atoms with Crippen LogP contribution >= 0.6 is 0 Å². The first-order valence-corrected chi connectivity index (χ1v) is 5.72. The van der Waals surface area contributed by atoms with Gasteiger partial charge in [-0.2, -0.15) is 0 Å². The van der Waals surface area contributed by atoms with Crippen LogP contribution in [0.25, 0.3) is 0 Å². The van der Waals surface area contributed by atoms with Crippen LogP contribution in [-0.4, -0.2) is 30.2 Å². The van der Waals surface area contributed by atoms with Gasteiger partial charge >= 0.3 is 0 Å². The van der Waals surface area contributed by atoms with Crippen molar-refractivity contribution >= 4 is 5.91 Å². The highest BCUT2D eigenvalue weighted by Crippen LogP contribution is 2.03. The second kappa shape index (κ2) is 8.68. The summed E-state index contributed by atoms with van der Waals surface area (Å²) in [4.78, 5) is 11.4. The molecule has 0 aliphatic carbocycles. The predicted molar refractivity (Wildman–Crippen MR) is 61.4 cm³/mol. The first kappa shape index (κ1) is 14.4. The number of amides is 1. The number of carbonyl (C=O) groups excluding carboxylic acids is 1. The van der Waals surface area contributed by atoms with E-state index in [2.05, 4.69) is 5.32 Å². The van der Waals surface area contributed by atoms with Gasteiger partial charge in [0.25, 0.3) is 0 Å². The third-order valence-corrected chi connectivity index (χ3v) is 2.46. The van der Waals surface area contributed by atoms with Crippen LogP contribution in [0, 0.1) is 5.92 Å². The summed E-state index contributed by atoms with van der Waals surface area (Å²) < 4.78 is 0. The number of nitrogens with two attached hydrogens (primary N) is 1. The van der Waals surface area contributed by atoms with E-state index in [0.29, 0.717) is 13.0 Å². The van der Waals surface area contributed by atoms with Gasteiger partial charge in [-0.15, -0.1) is 0 Å². The average Bonchev–Trinajstić information content (AvgIpc) is 2.20. The Morgan fingerprint density at radius 2 is 2.00 bits per heavy atom. The minimum Gasteiger partial charge on any atom is -0.394 e. The van der Waals surface area contributed by atoms with E-state index < -0.39 is 0 Å². The lowest BCUT2D eigenvalue weighted by Gasteiger charge is -2.19. The van der Waals surface area contributed by atoms with Crippen molar-refractivity contribution < 1.29 is 9.90 Å². The van der Waals surface area contributed by atoms with Crippen molar-refractivity contribution in [2.45, 2.75) is 45.6 Å². The van der Waals surface area contributed by atoms with E-state index in [1.165, 1.54) is 0 Å². The maximum absolute atomic E-state index is 11.4. The highest BCUT2D eigenvalue weighted by Gasteiger charge is 2.14. The summed E-state index contributed by atoms with van der Waals surface area (Å²) in [6.07, 6.45) is 3.37. The molecule has 0 fully saturated rings. The summed E-state index contributed by atoms with van der Waals surface area (Å²) in [7, 11) is 0. The molecular formula is C11H24N2O2. The van der Waals surface area contributed by atoms with E-state index in [0.717, 1.165) is 19.3 Å². The zero-order chi connectivity index (χ0) is 11.7. The summed E-state index contributed by atoms with van der Waals surface area (Å²) in [5.74, 6) is 0.294. The number of hydrogen-bond acceptors (Lipinski definition) is 3. The van der Waals surface area contributed by atoms with Crippen molar-refractivity contribution in [3.05, 3.63) is 0 Å². The van der Waals surface area contributed by atoms with E-state index in [-0.39, 0.29) is 24.5 Å². The lowest BCUT2D eigenvalue weighted by atomic mass is 10.1. The molecule has 1 unspecified atom stereocenters. The van der Waals surface area contributed by atoms with Gasteiger partial charge in [-0.25, -0.2) is 0 Å². The number of carbonyl (C=O) groups is 1. The molecule has 4 N–H and O–H groups in total. The molecule has 0 aliphatic heterocycles. The molecule has 1 amide bonds. The monoisotopic (exact) mass is 216 g/mol. The van der Waals surface area contributed by atoms with E-state index in [1.807, 2.05) is 13.8 Å². The predicted octanol–water partition coefficient (Wildman–Crippen LogP) is 0.639. The van der Waals surface area contributed by atoms with E-state index in [9.17, 15) is 4.79 Å². The third-order valence-electron chi connectivity index (χ3n) is 2.46. The molecule has 0 heterocycles. The molecule has 0 aromatic rings. The Bertz CT molecular complexity index is 172. The van der Waals surface area contributed by atoms with E-state index in [4.69, 9.17) is 10.8 Å². The number of aliphatic hydroxyl groups excluding tert-OH is 1. The Kier molecular flexibility index (Phi) is 8.33. The van der Waals surface area contributed by atoms with Crippen molar-refractivity contribution in [1.29, 1.82) is 0 Å². The number of rotatable bonds is 8. The lowest BCUT2D eigenvalue weighted by molar-refractivity contribution is -0.122. The first-order chi connectivity index (χ1) is 7.11. The topological polar surface area (TPSA) is 75.3 Å². The Labute approximate surface area is 92.2 Å². The molecule has 90 valence electrons. The molecule has 0 bridgehead atoms. The molecule has 4 heteroatoms. The number of aliphatic hydroxyl groups is 1. The zero-order valence-corrected chi connectivity index (χ0v) is 9.83. The minimum absolute atomic E-state index is 0.00616. The molecular weight excluding hydrogens is 192 g/mol. The largest absolute Gasteiger partial charge is 0.394 e. The van der Waals surface area contributed by atoms with Crippen LogP contribution in [0.3, 0.4) is 0 Å². The average molecular weight is 216 g/mol. The van der Waals surface area contributed by atoms with Crippen molar-refractivity contribution in [2.75, 3.05) is 13.2 Å². The SMILES string of the molecule is CC(C)C(CO)NC(=O)CCCCCN. The van der Waals surface area contributed by atoms with Gasteiger partial charge in [-0.1, -0.05) is 20.3 Å². The highest BCUT2D eigenvalue weighted by atomic mass is 16.3. The van der Waals surface area contributed by atoms with Gasteiger partial charge in [0.15, 0.2) is 0 Å². The molecule has 4 nitrogen and oxygen atoms in total. The Morgan fingerprint density at radius 1 is 1.33 bits per heavy atom. The van der Waals surface area contributed by atoms with Gasteiger partial charge in [0.05, 0.1) is 12.6 Å². The molecule has 0 saturated heterocycles. The van der Waals surface area contributed by atoms with Crippen LogP contribution in [0.15, 0.2) is 0 Å².